The highest BCUT2D eigenvalue weighted by atomic mass is 79.9. The van der Waals surface area contributed by atoms with Crippen LogP contribution in [0, 0.1) is 11.8 Å². The van der Waals surface area contributed by atoms with Gasteiger partial charge in [-0.25, -0.2) is 0 Å². The van der Waals surface area contributed by atoms with Gasteiger partial charge >= 0.3 is 0 Å². The second-order valence-electron chi connectivity index (χ2n) is 5.09. The molecule has 82 valence electrons. The largest absolute Gasteiger partial charge is 0.375 e. The molecule has 0 spiro atoms. The van der Waals surface area contributed by atoms with Gasteiger partial charge in [0, 0.05) is 4.83 Å². The molecule has 5 atom stereocenters. The predicted molar refractivity (Wildman–Crippen MR) is 62.8 cm³/mol. The van der Waals surface area contributed by atoms with E-state index in [2.05, 4.69) is 29.8 Å². The van der Waals surface area contributed by atoms with Crippen molar-refractivity contribution in [3.05, 3.63) is 0 Å². The maximum Gasteiger partial charge on any atom is 0.0582 e. The van der Waals surface area contributed by atoms with Crippen LogP contribution in [-0.4, -0.2) is 17.0 Å². The number of alkyl halides is 1. The van der Waals surface area contributed by atoms with Crippen molar-refractivity contribution >= 4 is 15.9 Å². The highest BCUT2D eigenvalue weighted by Crippen LogP contribution is 2.40. The predicted octanol–water partition coefficient (Wildman–Crippen LogP) is 3.75. The van der Waals surface area contributed by atoms with Gasteiger partial charge in [-0.15, -0.1) is 0 Å². The molecule has 1 aliphatic heterocycles. The molecule has 1 heterocycles. The zero-order valence-corrected chi connectivity index (χ0v) is 10.8. The molecule has 2 fully saturated rings. The van der Waals surface area contributed by atoms with Gasteiger partial charge in [0.15, 0.2) is 0 Å². The lowest BCUT2D eigenvalue weighted by atomic mass is 9.91. The van der Waals surface area contributed by atoms with Crippen LogP contribution in [0.5, 0.6) is 0 Å². The van der Waals surface area contributed by atoms with Gasteiger partial charge in [0.2, 0.25) is 0 Å². The minimum absolute atomic E-state index is 0.511. The molecule has 0 aromatic rings. The van der Waals surface area contributed by atoms with E-state index in [0.29, 0.717) is 12.2 Å². The van der Waals surface area contributed by atoms with E-state index in [0.717, 1.165) is 16.7 Å². The van der Waals surface area contributed by atoms with E-state index in [9.17, 15) is 0 Å². The zero-order valence-electron chi connectivity index (χ0n) is 9.21. The fourth-order valence-electron chi connectivity index (χ4n) is 2.92. The van der Waals surface area contributed by atoms with Gasteiger partial charge in [-0.05, 0) is 50.9 Å². The van der Waals surface area contributed by atoms with E-state index in [-0.39, 0.29) is 0 Å². The summed E-state index contributed by atoms with van der Waals surface area (Å²) in [6.07, 6.45) is 7.68. The first-order chi connectivity index (χ1) is 6.66. The summed E-state index contributed by atoms with van der Waals surface area (Å²) in [7, 11) is 0. The Labute approximate surface area is 95.7 Å². The van der Waals surface area contributed by atoms with Gasteiger partial charge in [0.25, 0.3) is 0 Å². The molecule has 2 heteroatoms. The lowest BCUT2D eigenvalue weighted by molar-refractivity contribution is 0.0378. The topological polar surface area (TPSA) is 9.23 Å². The van der Waals surface area contributed by atoms with E-state index in [1.54, 1.807) is 0 Å². The average molecular weight is 261 g/mol. The highest BCUT2D eigenvalue weighted by Gasteiger charge is 2.34. The third kappa shape index (κ3) is 2.33. The van der Waals surface area contributed by atoms with Crippen molar-refractivity contribution in [2.75, 3.05) is 0 Å². The minimum Gasteiger partial charge on any atom is -0.375 e. The molecule has 0 radical (unpaired) electrons. The highest BCUT2D eigenvalue weighted by molar-refractivity contribution is 9.09. The molecule has 1 saturated carbocycles. The van der Waals surface area contributed by atoms with Crippen LogP contribution in [-0.2, 0) is 4.74 Å². The SMILES string of the molecule is CC1CCC(CC2CCC(Br)C2C)O1. The molecule has 14 heavy (non-hydrogen) atoms. The Morgan fingerprint density at radius 1 is 1.14 bits per heavy atom. The van der Waals surface area contributed by atoms with Crippen molar-refractivity contribution in [1.82, 2.24) is 0 Å². The molecule has 5 unspecified atom stereocenters. The molecule has 0 N–H and O–H groups in total. The first-order valence-corrected chi connectivity index (χ1v) is 6.88. The van der Waals surface area contributed by atoms with Gasteiger partial charge in [0.05, 0.1) is 12.2 Å². The Morgan fingerprint density at radius 3 is 2.43 bits per heavy atom. The van der Waals surface area contributed by atoms with E-state index in [4.69, 9.17) is 4.74 Å². The fourth-order valence-corrected chi connectivity index (χ4v) is 3.62. The van der Waals surface area contributed by atoms with Crippen LogP contribution < -0.4 is 0 Å². The van der Waals surface area contributed by atoms with Gasteiger partial charge < -0.3 is 4.74 Å². The molecule has 0 aromatic heterocycles. The molecule has 0 bridgehead atoms. The molecule has 2 aliphatic rings. The summed E-state index contributed by atoms with van der Waals surface area (Å²) in [5.74, 6) is 1.74. The van der Waals surface area contributed by atoms with Crippen molar-refractivity contribution in [1.29, 1.82) is 0 Å². The van der Waals surface area contributed by atoms with Gasteiger partial charge in [0.1, 0.15) is 0 Å². The van der Waals surface area contributed by atoms with E-state index in [1.165, 1.54) is 32.1 Å². The number of hydrogen-bond acceptors (Lipinski definition) is 1. The van der Waals surface area contributed by atoms with Crippen LogP contribution in [0.3, 0.4) is 0 Å². The standard InChI is InChI=1S/C12H21BrO/c1-8-3-5-11(14-8)7-10-4-6-12(13)9(10)2/h8-12H,3-7H2,1-2H3. The Morgan fingerprint density at radius 2 is 1.93 bits per heavy atom. The van der Waals surface area contributed by atoms with Gasteiger partial charge in [-0.2, -0.15) is 0 Å². The molecule has 0 aromatic carbocycles. The molecule has 1 nitrogen and oxygen atoms in total. The maximum atomic E-state index is 5.89. The second-order valence-corrected chi connectivity index (χ2v) is 6.27. The van der Waals surface area contributed by atoms with Crippen molar-refractivity contribution < 1.29 is 4.74 Å². The van der Waals surface area contributed by atoms with Crippen LogP contribution in [0.4, 0.5) is 0 Å². The smallest absolute Gasteiger partial charge is 0.0582 e. The third-order valence-corrected chi connectivity index (χ3v) is 5.30. The zero-order chi connectivity index (χ0) is 10.1. The Balaban J connectivity index is 1.80. The second kappa shape index (κ2) is 4.52. The monoisotopic (exact) mass is 260 g/mol. The summed E-state index contributed by atoms with van der Waals surface area (Å²) in [6, 6.07) is 0. The van der Waals surface area contributed by atoms with Crippen molar-refractivity contribution in [2.45, 2.75) is 63.0 Å². The number of ether oxygens (including phenoxy) is 1. The molecule has 0 amide bonds. The normalized spacial score (nSPS) is 48.6. The summed E-state index contributed by atoms with van der Waals surface area (Å²) in [5.41, 5.74) is 0. The molecular weight excluding hydrogens is 240 g/mol. The quantitative estimate of drug-likeness (QED) is 0.688. The van der Waals surface area contributed by atoms with E-state index < -0.39 is 0 Å². The summed E-state index contributed by atoms with van der Waals surface area (Å²) >= 11 is 3.76. The first-order valence-electron chi connectivity index (χ1n) is 5.96. The Hall–Kier alpha value is 0.440. The number of hydrogen-bond donors (Lipinski definition) is 0. The van der Waals surface area contributed by atoms with Gasteiger partial charge in [-0.1, -0.05) is 22.9 Å². The lowest BCUT2D eigenvalue weighted by Crippen LogP contribution is -2.18. The summed E-state index contributed by atoms with van der Waals surface area (Å²) in [5, 5.41) is 0. The third-order valence-electron chi connectivity index (χ3n) is 4.01. The number of rotatable bonds is 2. The fraction of sp³-hybridized carbons (Fsp3) is 1.00. The molecular formula is C12H21BrO. The number of halogens is 1. The summed E-state index contributed by atoms with van der Waals surface area (Å²) in [4.78, 5) is 0.756. The van der Waals surface area contributed by atoms with Gasteiger partial charge in [-0.3, -0.25) is 0 Å². The van der Waals surface area contributed by atoms with Crippen molar-refractivity contribution in [3.63, 3.8) is 0 Å². The van der Waals surface area contributed by atoms with Crippen LogP contribution in [0.2, 0.25) is 0 Å². The van der Waals surface area contributed by atoms with Crippen LogP contribution >= 0.6 is 15.9 Å². The first kappa shape index (κ1) is 10.9. The van der Waals surface area contributed by atoms with Crippen LogP contribution in [0.1, 0.15) is 46.0 Å². The summed E-state index contributed by atoms with van der Waals surface area (Å²) in [6.45, 7) is 4.58. The molecule has 1 aliphatic carbocycles. The van der Waals surface area contributed by atoms with Crippen LogP contribution in [0.15, 0.2) is 0 Å². The molecule has 2 rings (SSSR count). The van der Waals surface area contributed by atoms with Crippen molar-refractivity contribution in [2.24, 2.45) is 11.8 Å². The maximum absolute atomic E-state index is 5.89. The van der Waals surface area contributed by atoms with Crippen LogP contribution in [0.25, 0.3) is 0 Å². The minimum atomic E-state index is 0.511. The molecule has 1 saturated heterocycles. The Kier molecular flexibility index (Phi) is 3.54. The summed E-state index contributed by atoms with van der Waals surface area (Å²) < 4.78 is 5.89. The van der Waals surface area contributed by atoms with E-state index in [1.807, 2.05) is 0 Å². The lowest BCUT2D eigenvalue weighted by Gasteiger charge is -2.21. The Bertz CT molecular complexity index is 195. The average Bonchev–Trinajstić information content (AvgIpc) is 2.67. The van der Waals surface area contributed by atoms with E-state index >= 15 is 0 Å². The van der Waals surface area contributed by atoms with Crippen molar-refractivity contribution in [3.8, 4) is 0 Å².